The predicted octanol–water partition coefficient (Wildman–Crippen LogP) is 4.33. The van der Waals surface area contributed by atoms with E-state index in [-0.39, 0.29) is 0 Å². The maximum atomic E-state index is 5.12. The van der Waals surface area contributed by atoms with Crippen molar-refractivity contribution >= 4 is 37.2 Å². The predicted molar refractivity (Wildman–Crippen MR) is 91.8 cm³/mol. The topological polar surface area (TPSA) is 27.1 Å². The third-order valence-electron chi connectivity index (χ3n) is 2.59. The molecule has 98 valence electrons. The number of benzene rings is 1. The van der Waals surface area contributed by atoms with E-state index in [2.05, 4.69) is 67.5 Å². The Labute approximate surface area is 131 Å². The Morgan fingerprint density at radius 3 is 2.22 bits per heavy atom. The minimum atomic E-state index is 0.809. The second-order valence-corrected chi connectivity index (χ2v) is 3.93. The molecule has 0 aliphatic heterocycles. The summed E-state index contributed by atoms with van der Waals surface area (Å²) in [7, 11) is 1.68. The number of ether oxygens (including phenoxy) is 1. The molecule has 2 rings (SSSR count). The molecule has 0 spiro atoms. The van der Waals surface area contributed by atoms with Crippen LogP contribution in [-0.2, 0) is 6.54 Å². The molecule has 0 saturated carbocycles. The van der Waals surface area contributed by atoms with Crippen LogP contribution in [0.1, 0.15) is 17.0 Å². The summed E-state index contributed by atoms with van der Waals surface area (Å²) >= 11 is 4.24. The van der Waals surface area contributed by atoms with Crippen LogP contribution in [0.4, 0.5) is 0 Å². The van der Waals surface area contributed by atoms with Crippen LogP contribution < -0.4 is 4.74 Å². The van der Waals surface area contributed by atoms with Gasteiger partial charge in [-0.05, 0) is 37.6 Å². The first kappa shape index (κ1) is 15.7. The van der Waals surface area contributed by atoms with Gasteiger partial charge in [0.15, 0.2) is 0 Å². The lowest BCUT2D eigenvalue weighted by Crippen LogP contribution is -2.03. The highest BCUT2D eigenvalue weighted by Crippen LogP contribution is 2.13. The quantitative estimate of drug-likeness (QED) is 0.625. The fourth-order valence-corrected chi connectivity index (χ4v) is 1.74. The normalized spacial score (nSPS) is 9.61. The summed E-state index contributed by atoms with van der Waals surface area (Å²) < 4.78 is 7.14. The molecule has 0 unspecified atom stereocenters. The summed E-state index contributed by atoms with van der Waals surface area (Å²) in [5, 5.41) is 4.43. The van der Waals surface area contributed by atoms with Gasteiger partial charge in [0.05, 0.1) is 19.3 Å². The Morgan fingerprint density at radius 1 is 1.17 bits per heavy atom. The molecule has 1 heterocycles. The van der Waals surface area contributed by atoms with Gasteiger partial charge in [0.2, 0.25) is 0 Å². The summed E-state index contributed by atoms with van der Waals surface area (Å²) in [5.41, 5.74) is 3.48. The SMILES string of the molecule is COc1ccc(Cn2nc(C)cc2C)cc1.II. The number of methoxy groups -OCH3 is 1. The largest absolute Gasteiger partial charge is 0.497 e. The fourth-order valence-electron chi connectivity index (χ4n) is 1.74. The third-order valence-corrected chi connectivity index (χ3v) is 2.59. The summed E-state index contributed by atoms with van der Waals surface area (Å²) in [6, 6.07) is 10.2. The molecular formula is C13H16I2N2O. The Balaban J connectivity index is 0.000000771. The van der Waals surface area contributed by atoms with Crippen LogP contribution >= 0.6 is 37.2 Å². The van der Waals surface area contributed by atoms with Crippen LogP contribution in [0, 0.1) is 13.8 Å². The van der Waals surface area contributed by atoms with E-state index in [1.165, 1.54) is 11.3 Å². The maximum Gasteiger partial charge on any atom is 0.118 e. The van der Waals surface area contributed by atoms with E-state index in [0.29, 0.717) is 0 Å². The van der Waals surface area contributed by atoms with Crippen molar-refractivity contribution < 1.29 is 4.74 Å². The molecular weight excluding hydrogens is 454 g/mol. The van der Waals surface area contributed by atoms with Gasteiger partial charge in [0, 0.05) is 42.9 Å². The Bertz CT molecular complexity index is 480. The van der Waals surface area contributed by atoms with Crippen LogP contribution in [0.15, 0.2) is 30.3 Å². The van der Waals surface area contributed by atoms with Crippen LogP contribution in [0.5, 0.6) is 5.75 Å². The lowest BCUT2D eigenvalue weighted by Gasteiger charge is -2.05. The number of nitrogens with zero attached hydrogens (tertiary/aromatic N) is 2. The number of rotatable bonds is 3. The average molecular weight is 470 g/mol. The van der Waals surface area contributed by atoms with Gasteiger partial charge >= 0.3 is 0 Å². The van der Waals surface area contributed by atoms with E-state index in [9.17, 15) is 0 Å². The van der Waals surface area contributed by atoms with E-state index in [1.807, 2.05) is 23.7 Å². The van der Waals surface area contributed by atoms with Gasteiger partial charge < -0.3 is 4.74 Å². The molecule has 0 aliphatic carbocycles. The van der Waals surface area contributed by atoms with Crippen molar-refractivity contribution in [1.82, 2.24) is 9.78 Å². The molecule has 1 aromatic heterocycles. The van der Waals surface area contributed by atoms with E-state index < -0.39 is 0 Å². The van der Waals surface area contributed by atoms with Crippen molar-refractivity contribution in [3.63, 3.8) is 0 Å². The Hall–Kier alpha value is -0.310. The number of halogens is 2. The highest BCUT2D eigenvalue weighted by Gasteiger charge is 2.01. The zero-order chi connectivity index (χ0) is 13.5. The van der Waals surface area contributed by atoms with E-state index in [1.54, 1.807) is 7.11 Å². The van der Waals surface area contributed by atoms with Crippen molar-refractivity contribution in [2.45, 2.75) is 20.4 Å². The lowest BCUT2D eigenvalue weighted by molar-refractivity contribution is 0.414. The molecule has 2 aromatic rings. The second-order valence-electron chi connectivity index (χ2n) is 3.93. The highest BCUT2D eigenvalue weighted by atomic mass is 128. The first-order valence-corrected chi connectivity index (χ1v) is 11.8. The maximum absolute atomic E-state index is 5.12. The fraction of sp³-hybridized carbons (Fsp3) is 0.308. The van der Waals surface area contributed by atoms with E-state index >= 15 is 0 Å². The molecule has 0 amide bonds. The van der Waals surface area contributed by atoms with Gasteiger partial charge in [-0.25, -0.2) is 0 Å². The van der Waals surface area contributed by atoms with Crippen molar-refractivity contribution in [1.29, 1.82) is 0 Å². The molecule has 0 N–H and O–H groups in total. The van der Waals surface area contributed by atoms with Gasteiger partial charge in [-0.3, -0.25) is 4.68 Å². The second kappa shape index (κ2) is 7.98. The molecule has 0 radical (unpaired) electrons. The molecule has 5 heteroatoms. The average Bonchev–Trinajstić information content (AvgIpc) is 2.71. The summed E-state index contributed by atoms with van der Waals surface area (Å²) in [5.74, 6) is 0.886. The zero-order valence-corrected chi connectivity index (χ0v) is 15.0. The molecule has 0 aliphatic rings. The first-order valence-electron chi connectivity index (χ1n) is 5.47. The van der Waals surface area contributed by atoms with Gasteiger partial charge in [-0.2, -0.15) is 5.10 Å². The molecule has 18 heavy (non-hydrogen) atoms. The van der Waals surface area contributed by atoms with Crippen LogP contribution in [-0.4, -0.2) is 16.9 Å². The Kier molecular flexibility index (Phi) is 6.98. The number of hydrogen-bond donors (Lipinski definition) is 0. The van der Waals surface area contributed by atoms with E-state index in [0.717, 1.165) is 18.0 Å². The van der Waals surface area contributed by atoms with Crippen molar-refractivity contribution in [3.05, 3.63) is 47.3 Å². The minimum absolute atomic E-state index is 0.809. The molecule has 0 fully saturated rings. The smallest absolute Gasteiger partial charge is 0.118 e. The highest BCUT2D eigenvalue weighted by molar-refractivity contribution is 15.0. The van der Waals surface area contributed by atoms with Crippen molar-refractivity contribution in [2.75, 3.05) is 7.11 Å². The van der Waals surface area contributed by atoms with Crippen molar-refractivity contribution in [3.8, 4) is 5.75 Å². The number of aromatic nitrogens is 2. The van der Waals surface area contributed by atoms with Gasteiger partial charge in [0.25, 0.3) is 0 Å². The van der Waals surface area contributed by atoms with Crippen molar-refractivity contribution in [2.24, 2.45) is 0 Å². The van der Waals surface area contributed by atoms with Gasteiger partial charge in [-0.15, -0.1) is 0 Å². The molecule has 3 nitrogen and oxygen atoms in total. The lowest BCUT2D eigenvalue weighted by atomic mass is 10.2. The summed E-state index contributed by atoms with van der Waals surface area (Å²) in [6.45, 7) is 4.89. The summed E-state index contributed by atoms with van der Waals surface area (Å²) in [4.78, 5) is 0. The minimum Gasteiger partial charge on any atom is -0.497 e. The van der Waals surface area contributed by atoms with Gasteiger partial charge in [0.1, 0.15) is 5.75 Å². The van der Waals surface area contributed by atoms with Crippen LogP contribution in [0.25, 0.3) is 0 Å². The summed E-state index contributed by atoms with van der Waals surface area (Å²) in [6.07, 6.45) is 0. The Morgan fingerprint density at radius 2 is 1.78 bits per heavy atom. The monoisotopic (exact) mass is 470 g/mol. The van der Waals surface area contributed by atoms with Crippen LogP contribution in [0.3, 0.4) is 0 Å². The molecule has 0 atom stereocenters. The van der Waals surface area contributed by atoms with Crippen LogP contribution in [0.2, 0.25) is 0 Å². The molecule has 0 saturated heterocycles. The standard InChI is InChI=1S/C13H16N2O.I2/c1-10-8-11(2)15(14-10)9-12-4-6-13(16-3)7-5-12;1-2/h4-8H,9H2,1-3H3;. The first-order chi connectivity index (χ1) is 8.69. The zero-order valence-electron chi connectivity index (χ0n) is 10.7. The molecule has 0 bridgehead atoms. The molecule has 1 aromatic carbocycles. The third kappa shape index (κ3) is 4.42. The number of hydrogen-bond acceptors (Lipinski definition) is 2. The van der Waals surface area contributed by atoms with E-state index in [4.69, 9.17) is 4.74 Å². The number of aryl methyl sites for hydroxylation is 2. The van der Waals surface area contributed by atoms with Gasteiger partial charge in [-0.1, -0.05) is 12.1 Å².